The minimum atomic E-state index is 0.198. The molecule has 4 nitrogen and oxygen atoms in total. The molecule has 0 unspecified atom stereocenters. The summed E-state index contributed by atoms with van der Waals surface area (Å²) < 4.78 is 10.6. The number of benzene rings is 1. The molecule has 0 fully saturated rings. The van der Waals surface area contributed by atoms with Gasteiger partial charge in [-0.25, -0.2) is 0 Å². The van der Waals surface area contributed by atoms with Crippen LogP contribution in [0.4, 0.5) is 0 Å². The summed E-state index contributed by atoms with van der Waals surface area (Å²) in [6, 6.07) is 6.06. The predicted octanol–water partition coefficient (Wildman–Crippen LogP) is 0.930. The van der Waals surface area contributed by atoms with Crippen molar-refractivity contribution in [3.63, 3.8) is 0 Å². The highest BCUT2D eigenvalue weighted by molar-refractivity contribution is 5.44. The van der Waals surface area contributed by atoms with Gasteiger partial charge in [-0.05, 0) is 37.1 Å². The lowest BCUT2D eigenvalue weighted by molar-refractivity contribution is 0.174. The summed E-state index contributed by atoms with van der Waals surface area (Å²) in [4.78, 5) is 0. The molecule has 0 radical (unpaired) electrons. The van der Waals surface area contributed by atoms with E-state index in [0.717, 1.165) is 30.9 Å². The van der Waals surface area contributed by atoms with Crippen molar-refractivity contribution in [3.05, 3.63) is 23.8 Å². The Morgan fingerprint density at radius 1 is 1.19 bits per heavy atom. The first-order valence-electron chi connectivity index (χ1n) is 5.60. The maximum atomic E-state index is 8.60. The molecule has 1 aliphatic rings. The van der Waals surface area contributed by atoms with Gasteiger partial charge in [-0.15, -0.1) is 0 Å². The summed E-state index contributed by atoms with van der Waals surface area (Å²) in [6.45, 7) is 2.12. The zero-order valence-corrected chi connectivity index (χ0v) is 9.24. The number of fused-ring (bicyclic) bond motifs is 1. The van der Waals surface area contributed by atoms with Crippen LogP contribution >= 0.6 is 0 Å². The molecular formula is C12H17NO3. The second-order valence-corrected chi connectivity index (χ2v) is 3.76. The zero-order chi connectivity index (χ0) is 11.2. The Morgan fingerprint density at radius 3 is 2.94 bits per heavy atom. The van der Waals surface area contributed by atoms with Crippen molar-refractivity contribution < 1.29 is 14.6 Å². The molecule has 0 atom stereocenters. The SMILES string of the molecule is OCCNCCCc1ccc2c(c1)OCO2. The highest BCUT2D eigenvalue weighted by Crippen LogP contribution is 2.32. The third kappa shape index (κ3) is 2.87. The predicted molar refractivity (Wildman–Crippen MR) is 60.8 cm³/mol. The van der Waals surface area contributed by atoms with Gasteiger partial charge >= 0.3 is 0 Å². The zero-order valence-electron chi connectivity index (χ0n) is 9.24. The van der Waals surface area contributed by atoms with E-state index in [-0.39, 0.29) is 6.61 Å². The van der Waals surface area contributed by atoms with E-state index < -0.39 is 0 Å². The number of aryl methyl sites for hydroxylation is 1. The third-order valence-corrected chi connectivity index (χ3v) is 2.54. The maximum absolute atomic E-state index is 8.60. The molecule has 1 aromatic carbocycles. The molecule has 2 rings (SSSR count). The Labute approximate surface area is 95.2 Å². The van der Waals surface area contributed by atoms with Gasteiger partial charge in [-0.2, -0.15) is 0 Å². The van der Waals surface area contributed by atoms with Crippen LogP contribution in [-0.2, 0) is 6.42 Å². The van der Waals surface area contributed by atoms with Gasteiger partial charge in [0.1, 0.15) is 0 Å². The lowest BCUT2D eigenvalue weighted by Gasteiger charge is -2.04. The molecular weight excluding hydrogens is 206 g/mol. The first-order chi connectivity index (χ1) is 7.90. The highest BCUT2D eigenvalue weighted by atomic mass is 16.7. The number of nitrogens with one attached hydrogen (secondary N) is 1. The van der Waals surface area contributed by atoms with E-state index in [1.807, 2.05) is 12.1 Å². The van der Waals surface area contributed by atoms with Gasteiger partial charge in [-0.3, -0.25) is 0 Å². The number of aliphatic hydroxyl groups is 1. The Kier molecular flexibility index (Phi) is 4.02. The Hall–Kier alpha value is -1.26. The normalized spacial score (nSPS) is 13.1. The van der Waals surface area contributed by atoms with Crippen LogP contribution < -0.4 is 14.8 Å². The van der Waals surface area contributed by atoms with Gasteiger partial charge in [0, 0.05) is 6.54 Å². The molecule has 1 aliphatic heterocycles. The van der Waals surface area contributed by atoms with Crippen LogP contribution in [-0.4, -0.2) is 31.6 Å². The quantitative estimate of drug-likeness (QED) is 0.704. The van der Waals surface area contributed by atoms with E-state index >= 15 is 0 Å². The van der Waals surface area contributed by atoms with Crippen LogP contribution in [0.5, 0.6) is 11.5 Å². The second-order valence-electron chi connectivity index (χ2n) is 3.76. The molecule has 2 N–H and O–H groups in total. The fraction of sp³-hybridized carbons (Fsp3) is 0.500. The second kappa shape index (κ2) is 5.72. The maximum Gasteiger partial charge on any atom is 0.231 e. The minimum Gasteiger partial charge on any atom is -0.454 e. The van der Waals surface area contributed by atoms with Crippen molar-refractivity contribution in [1.82, 2.24) is 5.32 Å². The molecule has 4 heteroatoms. The number of hydrogen-bond donors (Lipinski definition) is 2. The number of ether oxygens (including phenoxy) is 2. The number of rotatable bonds is 6. The third-order valence-electron chi connectivity index (χ3n) is 2.54. The molecule has 88 valence electrons. The largest absolute Gasteiger partial charge is 0.454 e. The van der Waals surface area contributed by atoms with E-state index in [1.165, 1.54) is 5.56 Å². The smallest absolute Gasteiger partial charge is 0.231 e. The summed E-state index contributed by atoms with van der Waals surface area (Å²) in [5.74, 6) is 1.68. The van der Waals surface area contributed by atoms with Gasteiger partial charge in [0.25, 0.3) is 0 Å². The fourth-order valence-corrected chi connectivity index (χ4v) is 1.72. The summed E-state index contributed by atoms with van der Waals surface area (Å²) in [5.41, 5.74) is 1.26. The van der Waals surface area contributed by atoms with Crippen LogP contribution in [0.25, 0.3) is 0 Å². The van der Waals surface area contributed by atoms with Crippen molar-refractivity contribution >= 4 is 0 Å². The van der Waals surface area contributed by atoms with Crippen molar-refractivity contribution in [3.8, 4) is 11.5 Å². The van der Waals surface area contributed by atoms with Crippen LogP contribution in [0, 0.1) is 0 Å². The van der Waals surface area contributed by atoms with Gasteiger partial charge in [0.05, 0.1) is 6.61 Å². The first kappa shape index (κ1) is 11.2. The summed E-state index contributed by atoms with van der Waals surface area (Å²) >= 11 is 0. The van der Waals surface area contributed by atoms with Gasteiger partial charge < -0.3 is 19.9 Å². The van der Waals surface area contributed by atoms with Crippen molar-refractivity contribution in [2.75, 3.05) is 26.5 Å². The van der Waals surface area contributed by atoms with E-state index in [2.05, 4.69) is 11.4 Å². The van der Waals surface area contributed by atoms with Crippen molar-refractivity contribution in [2.24, 2.45) is 0 Å². The van der Waals surface area contributed by atoms with Crippen LogP contribution in [0.2, 0.25) is 0 Å². The standard InChI is InChI=1S/C12H17NO3/c14-7-6-13-5-1-2-10-3-4-11-12(8-10)16-9-15-11/h3-4,8,13-14H,1-2,5-7,9H2. The first-order valence-corrected chi connectivity index (χ1v) is 5.60. The average molecular weight is 223 g/mol. The van der Waals surface area contributed by atoms with Gasteiger partial charge in [0.15, 0.2) is 11.5 Å². The molecule has 1 heterocycles. The summed E-state index contributed by atoms with van der Waals surface area (Å²) in [5, 5.41) is 11.7. The molecule has 0 bridgehead atoms. The Balaban J connectivity index is 1.77. The van der Waals surface area contributed by atoms with Crippen LogP contribution in [0.1, 0.15) is 12.0 Å². The Bertz CT molecular complexity index is 341. The van der Waals surface area contributed by atoms with Crippen molar-refractivity contribution in [2.45, 2.75) is 12.8 Å². The summed E-state index contributed by atoms with van der Waals surface area (Å²) in [6.07, 6.45) is 2.06. The van der Waals surface area contributed by atoms with Crippen molar-refractivity contribution in [1.29, 1.82) is 0 Å². The minimum absolute atomic E-state index is 0.198. The highest BCUT2D eigenvalue weighted by Gasteiger charge is 2.12. The molecule has 0 aromatic heterocycles. The van der Waals surface area contributed by atoms with E-state index in [9.17, 15) is 0 Å². The van der Waals surface area contributed by atoms with Crippen LogP contribution in [0.3, 0.4) is 0 Å². The molecule has 0 saturated carbocycles. The molecule has 0 aliphatic carbocycles. The lowest BCUT2D eigenvalue weighted by Crippen LogP contribution is -2.19. The topological polar surface area (TPSA) is 50.7 Å². The summed E-state index contributed by atoms with van der Waals surface area (Å²) in [7, 11) is 0. The monoisotopic (exact) mass is 223 g/mol. The van der Waals surface area contributed by atoms with E-state index in [1.54, 1.807) is 0 Å². The number of hydrogen-bond acceptors (Lipinski definition) is 4. The molecule has 0 spiro atoms. The molecule has 0 saturated heterocycles. The number of aliphatic hydroxyl groups excluding tert-OH is 1. The Morgan fingerprint density at radius 2 is 2.06 bits per heavy atom. The van der Waals surface area contributed by atoms with E-state index in [0.29, 0.717) is 13.3 Å². The average Bonchev–Trinajstić information content (AvgIpc) is 2.76. The van der Waals surface area contributed by atoms with Crippen LogP contribution in [0.15, 0.2) is 18.2 Å². The lowest BCUT2D eigenvalue weighted by atomic mass is 10.1. The van der Waals surface area contributed by atoms with E-state index in [4.69, 9.17) is 14.6 Å². The molecule has 1 aromatic rings. The molecule has 16 heavy (non-hydrogen) atoms. The fourth-order valence-electron chi connectivity index (χ4n) is 1.72. The van der Waals surface area contributed by atoms with Gasteiger partial charge in [-0.1, -0.05) is 6.07 Å². The van der Waals surface area contributed by atoms with Gasteiger partial charge in [0.2, 0.25) is 6.79 Å². The molecule has 0 amide bonds.